The first-order valence-electron chi connectivity index (χ1n) is 1.29. The number of rotatable bonds is 1. The van der Waals surface area contributed by atoms with Gasteiger partial charge >= 0.3 is 5.97 Å². The van der Waals surface area contributed by atoms with Crippen molar-refractivity contribution in [3.05, 3.63) is 12.7 Å². The van der Waals surface area contributed by atoms with Gasteiger partial charge in [0.1, 0.15) is 0 Å². The van der Waals surface area contributed by atoms with E-state index in [9.17, 15) is 4.79 Å². The van der Waals surface area contributed by atoms with Gasteiger partial charge in [0.2, 0.25) is 0 Å². The van der Waals surface area contributed by atoms with Gasteiger partial charge in [-0.2, -0.15) is 5.26 Å². The Morgan fingerprint density at radius 1 is 1.86 bits per heavy atom. The first kappa shape index (κ1) is 9.86. The second-order valence-electron chi connectivity index (χ2n) is 0.614. The molecule has 1 N–H and O–H groups in total. The van der Waals surface area contributed by atoms with E-state index in [2.05, 4.69) is 11.5 Å². The van der Waals surface area contributed by atoms with Gasteiger partial charge in [-0.25, -0.2) is 4.79 Å². The minimum absolute atomic E-state index is 0. The van der Waals surface area contributed by atoms with E-state index >= 15 is 0 Å². The van der Waals surface area contributed by atoms with E-state index in [1.54, 1.807) is 0 Å². The summed E-state index contributed by atoms with van der Waals surface area (Å²) in [6, 6.07) is 0. The molecule has 0 radical (unpaired) electrons. The van der Waals surface area contributed by atoms with E-state index in [1.807, 2.05) is 0 Å². The summed E-state index contributed by atoms with van der Waals surface area (Å²) < 4.78 is 0. The molecule has 3 nitrogen and oxygen atoms in total. The third kappa shape index (κ3) is 5.70. The van der Waals surface area contributed by atoms with Crippen molar-refractivity contribution in [2.45, 2.75) is 0 Å². The van der Waals surface area contributed by atoms with Crippen LogP contribution in [0.25, 0.3) is 0 Å². The van der Waals surface area contributed by atoms with E-state index in [-0.39, 0.29) is 17.4 Å². The van der Waals surface area contributed by atoms with Crippen molar-refractivity contribution in [2.24, 2.45) is 0 Å². The molecule has 7 heavy (non-hydrogen) atoms. The zero-order valence-corrected chi connectivity index (χ0v) is 3.05. The van der Waals surface area contributed by atoms with E-state index < -0.39 is 5.97 Å². The molecule has 0 saturated heterocycles. The molecule has 0 amide bonds. The van der Waals surface area contributed by atoms with Gasteiger partial charge in [-0.15, -0.1) is 0 Å². The Labute approximate surface area is 51.7 Å². The minimum atomic E-state index is -0.838. The van der Waals surface area contributed by atoms with Gasteiger partial charge in [-0.3, -0.25) is 4.89 Å². The fourth-order valence-corrected chi connectivity index (χ4v) is 0.0373. The van der Waals surface area contributed by atoms with Crippen LogP contribution >= 0.6 is 0 Å². The maximum absolute atomic E-state index is 9.59. The number of hydrogen-bond acceptors (Lipinski definition) is 3. The standard InChI is InChI=1S/C3H4O3.Al.3H/c1-2-3(4)6-5;;;;/h2,5H,1H2;;;;. The molecule has 0 rings (SSSR count). The second-order valence-corrected chi connectivity index (χ2v) is 0.614. The predicted molar refractivity (Wildman–Crippen MR) is 28.9 cm³/mol. The molecule has 0 aromatic carbocycles. The number of carbonyl (C=O) groups excluding carboxylic acids is 1. The van der Waals surface area contributed by atoms with Crippen molar-refractivity contribution in [3.63, 3.8) is 0 Å². The van der Waals surface area contributed by atoms with E-state index in [0.717, 1.165) is 6.08 Å². The van der Waals surface area contributed by atoms with Gasteiger partial charge < -0.3 is 0 Å². The SMILES string of the molecule is C=CC(=O)OO.[AlH3]. The zero-order valence-electron chi connectivity index (χ0n) is 3.05. The lowest BCUT2D eigenvalue weighted by molar-refractivity contribution is -0.228. The first-order valence-corrected chi connectivity index (χ1v) is 1.29. The van der Waals surface area contributed by atoms with E-state index in [0.29, 0.717) is 0 Å². The van der Waals surface area contributed by atoms with Gasteiger partial charge in [0, 0.05) is 6.08 Å². The highest BCUT2D eigenvalue weighted by Crippen LogP contribution is 1.67. The molecule has 0 aliphatic rings. The van der Waals surface area contributed by atoms with E-state index in [4.69, 9.17) is 5.26 Å². The predicted octanol–water partition coefficient (Wildman–Crippen LogP) is -0.995. The van der Waals surface area contributed by atoms with Crippen molar-refractivity contribution in [2.75, 3.05) is 0 Å². The quantitative estimate of drug-likeness (QED) is 0.208. The molecule has 0 bridgehead atoms. The van der Waals surface area contributed by atoms with Gasteiger partial charge in [-0.1, -0.05) is 6.58 Å². The highest BCUT2D eigenvalue weighted by molar-refractivity contribution is 5.80. The monoisotopic (exact) mass is 118 g/mol. The summed E-state index contributed by atoms with van der Waals surface area (Å²) in [4.78, 5) is 12.7. The maximum atomic E-state index is 9.59. The molecule has 0 aliphatic heterocycles. The van der Waals surface area contributed by atoms with Crippen molar-refractivity contribution in [1.29, 1.82) is 0 Å². The number of carbonyl (C=O) groups is 1. The van der Waals surface area contributed by atoms with Crippen LogP contribution in [0.4, 0.5) is 0 Å². The molecule has 0 heterocycles. The highest BCUT2D eigenvalue weighted by Gasteiger charge is 1.85. The third-order valence-electron chi connectivity index (χ3n) is 0.257. The highest BCUT2D eigenvalue weighted by atomic mass is 27.0. The summed E-state index contributed by atoms with van der Waals surface area (Å²) >= 11 is 0. The lowest BCUT2D eigenvalue weighted by atomic mass is 10.7. The van der Waals surface area contributed by atoms with Crippen LogP contribution in [0.15, 0.2) is 12.7 Å². The Hall–Kier alpha value is -0.298. The van der Waals surface area contributed by atoms with Gasteiger partial charge in [-0.05, 0) is 0 Å². The fourth-order valence-electron chi connectivity index (χ4n) is 0.0373. The summed E-state index contributed by atoms with van der Waals surface area (Å²) in [6.07, 6.45) is 0.861. The summed E-state index contributed by atoms with van der Waals surface area (Å²) in [5.74, 6) is -0.838. The van der Waals surface area contributed by atoms with Crippen LogP contribution in [-0.2, 0) is 9.68 Å². The van der Waals surface area contributed by atoms with Gasteiger partial charge in [0.25, 0.3) is 0 Å². The Kier molecular flexibility index (Phi) is 8.03. The van der Waals surface area contributed by atoms with Crippen LogP contribution in [-0.4, -0.2) is 28.6 Å². The minimum Gasteiger partial charge on any atom is -0.296 e. The third-order valence-corrected chi connectivity index (χ3v) is 0.257. The topological polar surface area (TPSA) is 46.5 Å². The average molecular weight is 118 g/mol. The molecule has 0 aromatic heterocycles. The molecular formula is C3H7AlO3. The fraction of sp³-hybridized carbons (Fsp3) is 0. The van der Waals surface area contributed by atoms with Gasteiger partial charge in [0.05, 0.1) is 0 Å². The summed E-state index contributed by atoms with van der Waals surface area (Å²) in [6.45, 7) is 3.00. The normalized spacial score (nSPS) is 5.86. The molecule has 0 aromatic rings. The van der Waals surface area contributed by atoms with Crippen LogP contribution in [0.5, 0.6) is 0 Å². The Morgan fingerprint density at radius 2 is 2.29 bits per heavy atom. The summed E-state index contributed by atoms with van der Waals surface area (Å²) in [7, 11) is 0. The lowest BCUT2D eigenvalue weighted by Gasteiger charge is -1.78. The lowest BCUT2D eigenvalue weighted by Crippen LogP contribution is -1.92. The number of hydrogen-bond donors (Lipinski definition) is 1. The largest absolute Gasteiger partial charge is 0.365 e. The molecular weight excluding hydrogens is 111 g/mol. The molecule has 0 aliphatic carbocycles. The van der Waals surface area contributed by atoms with Crippen LogP contribution in [0, 0.1) is 0 Å². The molecule has 0 saturated carbocycles. The molecule has 0 fully saturated rings. The second kappa shape index (κ2) is 5.70. The van der Waals surface area contributed by atoms with Crippen molar-refractivity contribution in [1.82, 2.24) is 0 Å². The molecule has 4 heteroatoms. The summed E-state index contributed by atoms with van der Waals surface area (Å²) in [5, 5.41) is 7.41. The van der Waals surface area contributed by atoms with Crippen molar-refractivity contribution < 1.29 is 14.9 Å². The molecule has 0 atom stereocenters. The zero-order chi connectivity index (χ0) is 4.99. The van der Waals surface area contributed by atoms with Crippen LogP contribution < -0.4 is 0 Å². The Morgan fingerprint density at radius 3 is 2.29 bits per heavy atom. The van der Waals surface area contributed by atoms with Gasteiger partial charge in [0.15, 0.2) is 17.4 Å². The van der Waals surface area contributed by atoms with Crippen molar-refractivity contribution in [3.8, 4) is 0 Å². The van der Waals surface area contributed by atoms with E-state index in [1.165, 1.54) is 0 Å². The summed E-state index contributed by atoms with van der Waals surface area (Å²) in [5.41, 5.74) is 0. The molecule has 0 unspecified atom stereocenters. The molecule has 0 spiro atoms. The Bertz CT molecular complexity index is 70.6. The van der Waals surface area contributed by atoms with Crippen LogP contribution in [0.2, 0.25) is 0 Å². The van der Waals surface area contributed by atoms with Crippen LogP contribution in [0.3, 0.4) is 0 Å². The molecule has 40 valence electrons. The van der Waals surface area contributed by atoms with Crippen molar-refractivity contribution >= 4 is 23.3 Å². The Balaban J connectivity index is 0. The average Bonchev–Trinajstić information content (AvgIpc) is 1.65. The smallest absolute Gasteiger partial charge is 0.296 e. The van der Waals surface area contributed by atoms with Crippen LogP contribution in [0.1, 0.15) is 0 Å². The first-order chi connectivity index (χ1) is 2.81. The maximum Gasteiger partial charge on any atom is 0.365 e.